The molecule has 0 spiro atoms. The fourth-order valence-electron chi connectivity index (χ4n) is 1.57. The van der Waals surface area contributed by atoms with E-state index in [1.54, 1.807) is 12.1 Å². The van der Waals surface area contributed by atoms with Gasteiger partial charge in [0.05, 0.1) is 5.92 Å². The highest BCUT2D eigenvalue weighted by Gasteiger charge is 2.19. The Hall–Kier alpha value is -1.46. The zero-order valence-electron chi connectivity index (χ0n) is 10.7. The van der Waals surface area contributed by atoms with Gasteiger partial charge in [0.2, 0.25) is 5.91 Å². The highest BCUT2D eigenvalue weighted by atomic mass is 19.1. The first-order chi connectivity index (χ1) is 8.58. The molecule has 0 aliphatic rings. The van der Waals surface area contributed by atoms with Gasteiger partial charge in [-0.25, -0.2) is 4.39 Å². The maximum Gasteiger partial charge on any atom is 0.228 e. The first-order valence-electron chi connectivity index (χ1n) is 5.99. The quantitative estimate of drug-likeness (QED) is 0.695. The van der Waals surface area contributed by atoms with Gasteiger partial charge < -0.3 is 16.4 Å². The lowest BCUT2D eigenvalue weighted by Gasteiger charge is -2.17. The van der Waals surface area contributed by atoms with Gasteiger partial charge >= 0.3 is 0 Å². The van der Waals surface area contributed by atoms with Gasteiger partial charge in [-0.05, 0) is 31.7 Å². The third-order valence-electron chi connectivity index (χ3n) is 2.90. The number of carbonyl (C=O) groups is 1. The maximum absolute atomic E-state index is 12.8. The Balaban J connectivity index is 2.65. The minimum Gasteiger partial charge on any atom is -0.354 e. The Morgan fingerprint density at radius 3 is 2.50 bits per heavy atom. The van der Waals surface area contributed by atoms with E-state index < -0.39 is 5.92 Å². The summed E-state index contributed by atoms with van der Waals surface area (Å²) in [6.07, 6.45) is 0. The molecule has 0 saturated heterocycles. The molecule has 0 bridgehead atoms. The van der Waals surface area contributed by atoms with Gasteiger partial charge in [-0.1, -0.05) is 12.1 Å². The molecule has 1 aromatic rings. The van der Waals surface area contributed by atoms with Crippen molar-refractivity contribution < 1.29 is 9.18 Å². The Bertz CT molecular complexity index is 380. The van der Waals surface area contributed by atoms with Gasteiger partial charge in [-0.2, -0.15) is 0 Å². The molecule has 100 valence electrons. The largest absolute Gasteiger partial charge is 0.354 e. The first-order valence-corrected chi connectivity index (χ1v) is 5.99. The standard InChI is InChI=1S/C13H20FN3O/c1-9(16-2)8-17-13(18)12(7-15)10-3-5-11(14)6-4-10/h3-6,9,12,16H,7-8,15H2,1-2H3,(H,17,18). The second-order valence-electron chi connectivity index (χ2n) is 4.27. The molecule has 0 aromatic heterocycles. The van der Waals surface area contributed by atoms with Gasteiger partial charge in [-0.3, -0.25) is 4.79 Å². The molecule has 4 nitrogen and oxygen atoms in total. The first kappa shape index (κ1) is 14.6. The predicted molar refractivity (Wildman–Crippen MR) is 69.7 cm³/mol. The number of benzene rings is 1. The van der Waals surface area contributed by atoms with Gasteiger partial charge in [0, 0.05) is 19.1 Å². The third kappa shape index (κ3) is 4.09. The molecule has 0 aliphatic carbocycles. The molecule has 4 N–H and O–H groups in total. The Morgan fingerprint density at radius 1 is 1.39 bits per heavy atom. The van der Waals surface area contributed by atoms with Crippen molar-refractivity contribution in [3.8, 4) is 0 Å². The molecule has 0 saturated carbocycles. The minimum atomic E-state index is -0.436. The van der Waals surface area contributed by atoms with E-state index in [0.29, 0.717) is 6.54 Å². The molecule has 1 aromatic carbocycles. The molecule has 2 unspecified atom stereocenters. The van der Waals surface area contributed by atoms with Crippen LogP contribution in [0.4, 0.5) is 4.39 Å². The number of hydrogen-bond acceptors (Lipinski definition) is 3. The molecule has 2 atom stereocenters. The van der Waals surface area contributed by atoms with Crippen molar-refractivity contribution in [1.29, 1.82) is 0 Å². The van der Waals surface area contributed by atoms with Crippen molar-refractivity contribution >= 4 is 5.91 Å². The summed E-state index contributed by atoms with van der Waals surface area (Å²) in [6, 6.07) is 6.05. The maximum atomic E-state index is 12.8. The van der Waals surface area contributed by atoms with Crippen LogP contribution >= 0.6 is 0 Å². The normalized spacial score (nSPS) is 14.0. The second-order valence-corrected chi connectivity index (χ2v) is 4.27. The average Bonchev–Trinajstić information content (AvgIpc) is 2.39. The van der Waals surface area contributed by atoms with Crippen LogP contribution in [0, 0.1) is 5.82 Å². The van der Waals surface area contributed by atoms with Crippen LogP contribution in [0.3, 0.4) is 0 Å². The predicted octanol–water partition coefficient (Wildman–Crippen LogP) is 0.592. The lowest BCUT2D eigenvalue weighted by atomic mass is 9.98. The summed E-state index contributed by atoms with van der Waals surface area (Å²) in [4.78, 5) is 12.0. The highest BCUT2D eigenvalue weighted by molar-refractivity contribution is 5.83. The van der Waals surface area contributed by atoms with E-state index in [1.807, 2.05) is 14.0 Å². The van der Waals surface area contributed by atoms with Crippen LogP contribution in [0.25, 0.3) is 0 Å². The van der Waals surface area contributed by atoms with Crippen LogP contribution in [-0.4, -0.2) is 32.1 Å². The fraction of sp³-hybridized carbons (Fsp3) is 0.462. The van der Waals surface area contributed by atoms with Gasteiger partial charge in [0.15, 0.2) is 0 Å². The van der Waals surface area contributed by atoms with Crippen LogP contribution in [0.5, 0.6) is 0 Å². The van der Waals surface area contributed by atoms with Crippen molar-refractivity contribution in [2.45, 2.75) is 18.9 Å². The smallest absolute Gasteiger partial charge is 0.228 e. The van der Waals surface area contributed by atoms with Crippen molar-refractivity contribution in [1.82, 2.24) is 10.6 Å². The summed E-state index contributed by atoms with van der Waals surface area (Å²) in [5.41, 5.74) is 6.34. The summed E-state index contributed by atoms with van der Waals surface area (Å²) >= 11 is 0. The molecule has 0 radical (unpaired) electrons. The molecule has 0 heterocycles. The van der Waals surface area contributed by atoms with Gasteiger partial charge in [0.1, 0.15) is 5.82 Å². The van der Waals surface area contributed by atoms with Crippen LogP contribution in [0.15, 0.2) is 24.3 Å². The molecule has 0 aliphatic heterocycles. The van der Waals surface area contributed by atoms with E-state index in [9.17, 15) is 9.18 Å². The molecule has 1 rings (SSSR count). The topological polar surface area (TPSA) is 67.1 Å². The van der Waals surface area contributed by atoms with E-state index in [-0.39, 0.29) is 24.3 Å². The van der Waals surface area contributed by atoms with Crippen LogP contribution in [0.2, 0.25) is 0 Å². The van der Waals surface area contributed by atoms with Crippen LogP contribution in [-0.2, 0) is 4.79 Å². The number of nitrogens with two attached hydrogens (primary N) is 1. The number of likely N-dealkylation sites (N-methyl/N-ethyl adjacent to an activating group) is 1. The summed E-state index contributed by atoms with van der Waals surface area (Å²) in [5.74, 6) is -0.889. The van der Waals surface area contributed by atoms with Crippen LogP contribution < -0.4 is 16.4 Å². The number of hydrogen-bond donors (Lipinski definition) is 3. The van der Waals surface area contributed by atoms with E-state index in [1.165, 1.54) is 12.1 Å². The molecule has 5 heteroatoms. The van der Waals surface area contributed by atoms with Crippen molar-refractivity contribution in [3.05, 3.63) is 35.6 Å². The molecule has 18 heavy (non-hydrogen) atoms. The summed E-state index contributed by atoms with van der Waals surface area (Å²) in [7, 11) is 1.83. The van der Waals surface area contributed by atoms with Crippen molar-refractivity contribution in [2.75, 3.05) is 20.1 Å². The Labute approximate surface area is 107 Å². The van der Waals surface area contributed by atoms with Crippen LogP contribution in [0.1, 0.15) is 18.4 Å². The van der Waals surface area contributed by atoms with Crippen molar-refractivity contribution in [3.63, 3.8) is 0 Å². The van der Waals surface area contributed by atoms with E-state index in [4.69, 9.17) is 5.73 Å². The Kier molecular flexibility index (Phi) is 5.74. The summed E-state index contributed by atoms with van der Waals surface area (Å²) in [5, 5.41) is 5.85. The van der Waals surface area contributed by atoms with E-state index >= 15 is 0 Å². The molecular weight excluding hydrogens is 233 g/mol. The van der Waals surface area contributed by atoms with E-state index in [2.05, 4.69) is 10.6 Å². The number of carbonyl (C=O) groups excluding carboxylic acids is 1. The zero-order valence-corrected chi connectivity index (χ0v) is 10.7. The minimum absolute atomic E-state index is 0.133. The Morgan fingerprint density at radius 2 is 2.00 bits per heavy atom. The monoisotopic (exact) mass is 253 g/mol. The van der Waals surface area contributed by atoms with Crippen molar-refractivity contribution in [2.24, 2.45) is 5.73 Å². The number of nitrogens with one attached hydrogen (secondary N) is 2. The lowest BCUT2D eigenvalue weighted by Crippen LogP contribution is -2.40. The number of amides is 1. The summed E-state index contributed by atoms with van der Waals surface area (Å²) < 4.78 is 12.8. The second kappa shape index (κ2) is 7.08. The van der Waals surface area contributed by atoms with E-state index in [0.717, 1.165) is 5.56 Å². The fourth-order valence-corrected chi connectivity index (χ4v) is 1.57. The number of halogens is 1. The third-order valence-corrected chi connectivity index (χ3v) is 2.90. The van der Waals surface area contributed by atoms with Gasteiger partial charge in [-0.15, -0.1) is 0 Å². The van der Waals surface area contributed by atoms with Gasteiger partial charge in [0.25, 0.3) is 0 Å². The zero-order chi connectivity index (χ0) is 13.5. The molecule has 1 amide bonds. The summed E-state index contributed by atoms with van der Waals surface area (Å²) in [6.45, 7) is 2.70. The highest BCUT2D eigenvalue weighted by Crippen LogP contribution is 2.15. The lowest BCUT2D eigenvalue weighted by molar-refractivity contribution is -0.122. The average molecular weight is 253 g/mol. The molecular formula is C13H20FN3O. The molecule has 0 fully saturated rings. The number of rotatable bonds is 6. The SMILES string of the molecule is CNC(C)CNC(=O)C(CN)c1ccc(F)cc1.